The Balaban J connectivity index is 2.30. The lowest BCUT2D eigenvalue weighted by atomic mass is 9.99. The summed E-state index contributed by atoms with van der Waals surface area (Å²) in [6.07, 6.45) is 0.847. The number of methoxy groups -OCH3 is 1. The van der Waals surface area contributed by atoms with Crippen molar-refractivity contribution in [3.05, 3.63) is 63.6 Å². The van der Waals surface area contributed by atoms with E-state index in [4.69, 9.17) is 27.9 Å². The summed E-state index contributed by atoms with van der Waals surface area (Å²) in [5, 5.41) is 4.51. The first-order valence-electron chi connectivity index (χ1n) is 6.39. The third-order valence-electron chi connectivity index (χ3n) is 3.28. The topological polar surface area (TPSA) is 21.3 Å². The van der Waals surface area contributed by atoms with E-state index in [9.17, 15) is 0 Å². The molecule has 2 rings (SSSR count). The minimum Gasteiger partial charge on any atom is -0.495 e. The first-order valence-corrected chi connectivity index (χ1v) is 7.15. The van der Waals surface area contributed by atoms with E-state index in [-0.39, 0.29) is 6.04 Å². The highest BCUT2D eigenvalue weighted by molar-refractivity contribution is 6.34. The zero-order valence-electron chi connectivity index (χ0n) is 11.5. The molecule has 4 heteroatoms. The molecule has 1 unspecified atom stereocenters. The Bertz CT molecular complexity index is 572. The number of hydrogen-bond acceptors (Lipinski definition) is 2. The van der Waals surface area contributed by atoms with Crippen LogP contribution in [0.3, 0.4) is 0 Å². The van der Waals surface area contributed by atoms with Crippen molar-refractivity contribution in [2.45, 2.75) is 12.5 Å². The van der Waals surface area contributed by atoms with Crippen LogP contribution in [-0.2, 0) is 6.42 Å². The van der Waals surface area contributed by atoms with E-state index in [1.165, 1.54) is 5.56 Å². The molecular formula is C16H17Cl2NO. The van der Waals surface area contributed by atoms with Crippen LogP contribution in [0.5, 0.6) is 5.75 Å². The van der Waals surface area contributed by atoms with Crippen molar-refractivity contribution in [3.63, 3.8) is 0 Å². The number of likely N-dealkylation sites (N-methyl/N-ethyl adjacent to an activating group) is 1. The molecular weight excluding hydrogens is 293 g/mol. The molecule has 0 bridgehead atoms. The summed E-state index contributed by atoms with van der Waals surface area (Å²) in [6.45, 7) is 0. The standard InChI is InChI=1S/C16H17Cl2NO/c1-19-15(8-11-6-4-3-5-7-11)12-9-14(18)16(20-2)10-13(12)17/h3-7,9-10,15,19H,8H2,1-2H3. The second kappa shape index (κ2) is 6.98. The Kier molecular flexibility index (Phi) is 5.30. The largest absolute Gasteiger partial charge is 0.495 e. The van der Waals surface area contributed by atoms with Gasteiger partial charge >= 0.3 is 0 Å². The van der Waals surface area contributed by atoms with Gasteiger partial charge in [-0.2, -0.15) is 0 Å². The SMILES string of the molecule is CNC(Cc1ccccc1)c1cc(Cl)c(OC)cc1Cl. The van der Waals surface area contributed by atoms with Crippen LogP contribution >= 0.6 is 23.2 Å². The van der Waals surface area contributed by atoms with Gasteiger partial charge < -0.3 is 10.1 Å². The van der Waals surface area contributed by atoms with Crippen molar-refractivity contribution in [2.24, 2.45) is 0 Å². The van der Waals surface area contributed by atoms with E-state index in [1.807, 2.05) is 31.3 Å². The number of benzene rings is 2. The average molecular weight is 310 g/mol. The van der Waals surface area contributed by atoms with E-state index in [0.717, 1.165) is 12.0 Å². The second-order valence-corrected chi connectivity index (χ2v) is 5.35. The second-order valence-electron chi connectivity index (χ2n) is 4.54. The maximum Gasteiger partial charge on any atom is 0.138 e. The van der Waals surface area contributed by atoms with Crippen molar-refractivity contribution in [1.82, 2.24) is 5.32 Å². The molecule has 0 heterocycles. The summed E-state index contributed by atoms with van der Waals surface area (Å²) >= 11 is 12.5. The molecule has 0 aliphatic rings. The predicted octanol–water partition coefficient (Wildman–Crippen LogP) is 4.51. The lowest BCUT2D eigenvalue weighted by Crippen LogP contribution is -2.19. The van der Waals surface area contributed by atoms with Crippen molar-refractivity contribution in [2.75, 3.05) is 14.2 Å². The van der Waals surface area contributed by atoms with Crippen molar-refractivity contribution in [3.8, 4) is 5.75 Å². The molecule has 0 aliphatic heterocycles. The van der Waals surface area contributed by atoms with E-state index in [2.05, 4.69) is 17.4 Å². The zero-order chi connectivity index (χ0) is 14.5. The summed E-state index contributed by atoms with van der Waals surface area (Å²) in [5.74, 6) is 0.593. The molecule has 20 heavy (non-hydrogen) atoms. The van der Waals surface area contributed by atoms with Gasteiger partial charge in [0.1, 0.15) is 5.75 Å². The summed E-state index contributed by atoms with van der Waals surface area (Å²) in [5.41, 5.74) is 2.22. The molecule has 2 aromatic rings. The van der Waals surface area contributed by atoms with Gasteiger partial charge in [-0.1, -0.05) is 53.5 Å². The van der Waals surface area contributed by atoms with E-state index < -0.39 is 0 Å². The monoisotopic (exact) mass is 309 g/mol. The molecule has 1 N–H and O–H groups in total. The Morgan fingerprint density at radius 1 is 1.10 bits per heavy atom. The zero-order valence-corrected chi connectivity index (χ0v) is 13.0. The fraction of sp³-hybridized carbons (Fsp3) is 0.250. The van der Waals surface area contributed by atoms with Crippen LogP contribution in [-0.4, -0.2) is 14.2 Å². The van der Waals surface area contributed by atoms with Gasteiger partial charge in [-0.3, -0.25) is 0 Å². The highest BCUT2D eigenvalue weighted by Crippen LogP contribution is 2.34. The van der Waals surface area contributed by atoms with Gasteiger partial charge in [0, 0.05) is 17.1 Å². The van der Waals surface area contributed by atoms with Gasteiger partial charge in [-0.25, -0.2) is 0 Å². The van der Waals surface area contributed by atoms with Gasteiger partial charge in [0.05, 0.1) is 12.1 Å². The van der Waals surface area contributed by atoms with Gasteiger partial charge in [-0.05, 0) is 30.7 Å². The Morgan fingerprint density at radius 3 is 2.40 bits per heavy atom. The maximum absolute atomic E-state index is 6.34. The molecule has 0 spiro atoms. The highest BCUT2D eigenvalue weighted by atomic mass is 35.5. The van der Waals surface area contributed by atoms with Crippen molar-refractivity contribution >= 4 is 23.2 Å². The van der Waals surface area contributed by atoms with Gasteiger partial charge in [0.2, 0.25) is 0 Å². The first kappa shape index (κ1) is 15.2. The van der Waals surface area contributed by atoms with Crippen LogP contribution in [0.15, 0.2) is 42.5 Å². The third kappa shape index (κ3) is 3.45. The number of hydrogen-bond donors (Lipinski definition) is 1. The number of ether oxygens (including phenoxy) is 1. The lowest BCUT2D eigenvalue weighted by Gasteiger charge is -2.19. The van der Waals surface area contributed by atoms with E-state index in [1.54, 1.807) is 13.2 Å². The summed E-state index contributed by atoms with van der Waals surface area (Å²) in [4.78, 5) is 0. The quantitative estimate of drug-likeness (QED) is 0.877. The minimum absolute atomic E-state index is 0.105. The van der Waals surface area contributed by atoms with Gasteiger partial charge in [0.15, 0.2) is 0 Å². The molecule has 0 aromatic heterocycles. The van der Waals surface area contributed by atoms with Crippen LogP contribution in [0.2, 0.25) is 10.0 Å². The maximum atomic E-state index is 6.34. The van der Waals surface area contributed by atoms with Crippen LogP contribution in [0, 0.1) is 0 Å². The van der Waals surface area contributed by atoms with Gasteiger partial charge in [-0.15, -0.1) is 0 Å². The normalized spacial score (nSPS) is 12.2. The van der Waals surface area contributed by atoms with Crippen LogP contribution in [0.25, 0.3) is 0 Å². The lowest BCUT2D eigenvalue weighted by molar-refractivity contribution is 0.414. The molecule has 2 aromatic carbocycles. The highest BCUT2D eigenvalue weighted by Gasteiger charge is 2.16. The van der Waals surface area contributed by atoms with Crippen LogP contribution in [0.1, 0.15) is 17.2 Å². The first-order chi connectivity index (χ1) is 9.65. The predicted molar refractivity (Wildman–Crippen MR) is 85.0 cm³/mol. The smallest absolute Gasteiger partial charge is 0.138 e. The molecule has 0 saturated carbocycles. The Morgan fingerprint density at radius 2 is 1.80 bits per heavy atom. The third-order valence-corrected chi connectivity index (χ3v) is 3.90. The molecule has 0 radical (unpaired) electrons. The fourth-order valence-electron chi connectivity index (χ4n) is 2.18. The summed E-state index contributed by atoms with van der Waals surface area (Å²) in [6, 6.07) is 14.0. The molecule has 0 fully saturated rings. The average Bonchev–Trinajstić information content (AvgIpc) is 2.48. The molecule has 2 nitrogen and oxygen atoms in total. The number of nitrogens with one attached hydrogen (secondary N) is 1. The van der Waals surface area contributed by atoms with Crippen molar-refractivity contribution in [1.29, 1.82) is 0 Å². The molecule has 1 atom stereocenters. The molecule has 106 valence electrons. The Hall–Kier alpha value is -1.22. The summed E-state index contributed by atoms with van der Waals surface area (Å²) < 4.78 is 5.18. The van der Waals surface area contributed by atoms with Crippen LogP contribution in [0.4, 0.5) is 0 Å². The van der Waals surface area contributed by atoms with Crippen molar-refractivity contribution < 1.29 is 4.74 Å². The molecule has 0 aliphatic carbocycles. The van der Waals surface area contributed by atoms with E-state index >= 15 is 0 Å². The number of rotatable bonds is 5. The summed E-state index contributed by atoms with van der Waals surface area (Å²) in [7, 11) is 3.50. The fourth-order valence-corrected chi connectivity index (χ4v) is 2.72. The molecule has 0 amide bonds. The van der Waals surface area contributed by atoms with Crippen LogP contribution < -0.4 is 10.1 Å². The van der Waals surface area contributed by atoms with E-state index in [0.29, 0.717) is 15.8 Å². The molecule has 0 saturated heterocycles. The van der Waals surface area contributed by atoms with Gasteiger partial charge in [0.25, 0.3) is 0 Å². The minimum atomic E-state index is 0.105. The Labute approximate surface area is 129 Å². The number of halogens is 2.